The summed E-state index contributed by atoms with van der Waals surface area (Å²) in [5.41, 5.74) is -0.488. The monoisotopic (exact) mass is 386 g/mol. The van der Waals surface area contributed by atoms with Crippen molar-refractivity contribution in [2.24, 2.45) is 0 Å². The number of carbonyl (C=O) groups is 1. The van der Waals surface area contributed by atoms with Crippen molar-refractivity contribution in [1.29, 1.82) is 0 Å². The lowest BCUT2D eigenvalue weighted by Gasteiger charge is -2.38. The van der Waals surface area contributed by atoms with Gasteiger partial charge in [0, 0.05) is 26.2 Å². The molecule has 1 saturated heterocycles. The zero-order chi connectivity index (χ0) is 18.6. The summed E-state index contributed by atoms with van der Waals surface area (Å²) in [4.78, 5) is 25.1. The van der Waals surface area contributed by atoms with Gasteiger partial charge in [0.1, 0.15) is 16.6 Å². The highest BCUT2D eigenvalue weighted by atomic mass is 35.5. The van der Waals surface area contributed by atoms with Crippen molar-refractivity contribution < 1.29 is 9.53 Å². The summed E-state index contributed by atoms with van der Waals surface area (Å²) in [7, 11) is 1.96. The summed E-state index contributed by atoms with van der Waals surface area (Å²) in [5.74, 6) is 0.763. The van der Waals surface area contributed by atoms with Crippen LogP contribution >= 0.6 is 23.4 Å². The van der Waals surface area contributed by atoms with E-state index in [0.717, 1.165) is 31.6 Å². The number of likely N-dealkylation sites (tertiary alicyclic amines) is 1. The van der Waals surface area contributed by atoms with Gasteiger partial charge in [0.2, 0.25) is 0 Å². The number of thioether (sulfide) groups is 1. The van der Waals surface area contributed by atoms with Crippen LogP contribution in [0.5, 0.6) is 0 Å². The van der Waals surface area contributed by atoms with Crippen LogP contribution in [-0.2, 0) is 4.74 Å². The predicted octanol–water partition coefficient (Wildman–Crippen LogP) is 4.08. The Morgan fingerprint density at radius 1 is 1.44 bits per heavy atom. The average Bonchev–Trinajstić information content (AvgIpc) is 2.53. The molecule has 0 aromatic carbocycles. The molecular weight excluding hydrogens is 360 g/mol. The zero-order valence-corrected chi connectivity index (χ0v) is 17.2. The number of rotatable bonds is 4. The molecule has 6 nitrogen and oxygen atoms in total. The van der Waals surface area contributed by atoms with Gasteiger partial charge in [-0.05, 0) is 46.3 Å². The standard InChI is InChI=1S/C17H27ClN4O2S/c1-17(2,3)24-16(23)22-9-7-6-8-12(22)11-21(4)14-10-13(18)19-15(20-14)25-5/h10,12H,6-9,11H2,1-5H3. The molecule has 0 saturated carbocycles. The first-order valence-electron chi connectivity index (χ1n) is 8.49. The first-order valence-corrected chi connectivity index (χ1v) is 10.1. The maximum absolute atomic E-state index is 12.5. The number of amides is 1. The minimum Gasteiger partial charge on any atom is -0.444 e. The zero-order valence-electron chi connectivity index (χ0n) is 15.6. The summed E-state index contributed by atoms with van der Waals surface area (Å²) in [6.07, 6.45) is 4.75. The summed E-state index contributed by atoms with van der Waals surface area (Å²) in [6, 6.07) is 1.85. The number of piperidine rings is 1. The van der Waals surface area contributed by atoms with Gasteiger partial charge in [-0.25, -0.2) is 14.8 Å². The highest BCUT2D eigenvalue weighted by Gasteiger charge is 2.31. The Kier molecular flexibility index (Phi) is 6.79. The molecule has 25 heavy (non-hydrogen) atoms. The number of hydrogen-bond acceptors (Lipinski definition) is 6. The van der Waals surface area contributed by atoms with Crippen LogP contribution in [0, 0.1) is 0 Å². The van der Waals surface area contributed by atoms with Gasteiger partial charge in [0.15, 0.2) is 5.16 Å². The van der Waals surface area contributed by atoms with Crippen LogP contribution in [0.2, 0.25) is 5.15 Å². The molecule has 2 heterocycles. The van der Waals surface area contributed by atoms with E-state index in [1.807, 2.05) is 43.9 Å². The van der Waals surface area contributed by atoms with Crippen LogP contribution in [0.25, 0.3) is 0 Å². The van der Waals surface area contributed by atoms with Crippen molar-refractivity contribution in [2.75, 3.05) is 31.3 Å². The van der Waals surface area contributed by atoms with Gasteiger partial charge in [-0.2, -0.15) is 0 Å². The number of carbonyl (C=O) groups excluding carboxylic acids is 1. The molecule has 140 valence electrons. The Labute approximate surface area is 159 Å². The Bertz CT molecular complexity index is 609. The quantitative estimate of drug-likeness (QED) is 0.441. The van der Waals surface area contributed by atoms with Crippen molar-refractivity contribution in [1.82, 2.24) is 14.9 Å². The fraction of sp³-hybridized carbons (Fsp3) is 0.706. The minimum absolute atomic E-state index is 0.0973. The molecule has 2 rings (SSSR count). The van der Waals surface area contributed by atoms with Crippen molar-refractivity contribution in [3.63, 3.8) is 0 Å². The van der Waals surface area contributed by atoms with Crippen LogP contribution < -0.4 is 4.90 Å². The van der Waals surface area contributed by atoms with Gasteiger partial charge in [-0.3, -0.25) is 0 Å². The first kappa shape index (κ1) is 20.1. The number of nitrogens with zero attached hydrogens (tertiary/aromatic N) is 4. The van der Waals surface area contributed by atoms with Crippen LogP contribution in [0.3, 0.4) is 0 Å². The Morgan fingerprint density at radius 3 is 2.80 bits per heavy atom. The van der Waals surface area contributed by atoms with E-state index in [4.69, 9.17) is 16.3 Å². The molecule has 0 radical (unpaired) electrons. The number of anilines is 1. The number of aromatic nitrogens is 2. The van der Waals surface area contributed by atoms with Gasteiger partial charge >= 0.3 is 6.09 Å². The van der Waals surface area contributed by atoms with E-state index in [1.54, 1.807) is 6.07 Å². The third-order valence-electron chi connectivity index (χ3n) is 3.97. The van der Waals surface area contributed by atoms with E-state index in [0.29, 0.717) is 16.9 Å². The van der Waals surface area contributed by atoms with Crippen molar-refractivity contribution >= 4 is 35.3 Å². The summed E-state index contributed by atoms with van der Waals surface area (Å²) < 4.78 is 5.57. The molecule has 1 aromatic rings. The van der Waals surface area contributed by atoms with Crippen LogP contribution in [0.1, 0.15) is 40.0 Å². The molecular formula is C17H27ClN4O2S. The molecule has 0 bridgehead atoms. The van der Waals surface area contributed by atoms with E-state index in [9.17, 15) is 4.79 Å². The Balaban J connectivity index is 2.10. The number of halogens is 1. The smallest absolute Gasteiger partial charge is 0.410 e. The Hall–Kier alpha value is -1.21. The summed E-state index contributed by atoms with van der Waals surface area (Å²) in [5, 5.41) is 1.07. The topological polar surface area (TPSA) is 58.6 Å². The molecule has 1 aliphatic rings. The Morgan fingerprint density at radius 2 is 2.16 bits per heavy atom. The molecule has 1 aliphatic heterocycles. The van der Waals surface area contributed by atoms with Crippen molar-refractivity contribution in [3.8, 4) is 0 Å². The molecule has 8 heteroatoms. The second-order valence-corrected chi connectivity index (χ2v) is 8.40. The first-order chi connectivity index (χ1) is 11.7. The normalized spacial score (nSPS) is 18.2. The number of likely N-dealkylation sites (N-methyl/N-ethyl adjacent to an activating group) is 1. The van der Waals surface area contributed by atoms with E-state index in [-0.39, 0.29) is 12.1 Å². The van der Waals surface area contributed by atoms with Gasteiger partial charge in [0.25, 0.3) is 0 Å². The lowest BCUT2D eigenvalue weighted by atomic mass is 10.0. The average molecular weight is 387 g/mol. The van der Waals surface area contributed by atoms with E-state index >= 15 is 0 Å². The third-order valence-corrected chi connectivity index (χ3v) is 4.72. The molecule has 1 atom stereocenters. The molecule has 0 aliphatic carbocycles. The fourth-order valence-corrected chi connectivity index (χ4v) is 3.44. The van der Waals surface area contributed by atoms with E-state index in [1.165, 1.54) is 11.8 Å². The second-order valence-electron chi connectivity index (χ2n) is 7.24. The lowest BCUT2D eigenvalue weighted by Crippen LogP contribution is -2.50. The maximum atomic E-state index is 12.5. The highest BCUT2D eigenvalue weighted by Crippen LogP contribution is 2.24. The van der Waals surface area contributed by atoms with E-state index < -0.39 is 5.60 Å². The molecule has 1 fully saturated rings. The highest BCUT2D eigenvalue weighted by molar-refractivity contribution is 7.98. The predicted molar refractivity (Wildman–Crippen MR) is 103 cm³/mol. The molecule has 0 N–H and O–H groups in total. The lowest BCUT2D eigenvalue weighted by molar-refractivity contribution is 0.0108. The van der Waals surface area contributed by atoms with Gasteiger partial charge in [-0.15, -0.1) is 0 Å². The molecule has 1 aromatic heterocycles. The molecule has 1 amide bonds. The van der Waals surface area contributed by atoms with Crippen LogP contribution in [0.15, 0.2) is 11.2 Å². The minimum atomic E-state index is -0.488. The SMILES string of the molecule is CSc1nc(Cl)cc(N(C)CC2CCCCN2C(=O)OC(C)(C)C)n1. The van der Waals surface area contributed by atoms with Gasteiger partial charge in [0.05, 0.1) is 6.04 Å². The fourth-order valence-electron chi connectivity index (χ4n) is 2.83. The second kappa shape index (κ2) is 8.45. The number of ether oxygens (including phenoxy) is 1. The molecule has 0 spiro atoms. The largest absolute Gasteiger partial charge is 0.444 e. The van der Waals surface area contributed by atoms with Gasteiger partial charge < -0.3 is 14.5 Å². The summed E-state index contributed by atoms with van der Waals surface area (Å²) in [6.45, 7) is 7.09. The third kappa shape index (κ3) is 5.92. The van der Waals surface area contributed by atoms with E-state index in [2.05, 4.69) is 9.97 Å². The summed E-state index contributed by atoms with van der Waals surface area (Å²) >= 11 is 7.55. The van der Waals surface area contributed by atoms with Crippen LogP contribution in [-0.4, -0.2) is 59.0 Å². The van der Waals surface area contributed by atoms with Crippen molar-refractivity contribution in [2.45, 2.75) is 56.8 Å². The number of hydrogen-bond donors (Lipinski definition) is 0. The van der Waals surface area contributed by atoms with Crippen molar-refractivity contribution in [3.05, 3.63) is 11.2 Å². The molecule has 1 unspecified atom stereocenters. The van der Waals surface area contributed by atoms with Crippen LogP contribution in [0.4, 0.5) is 10.6 Å². The maximum Gasteiger partial charge on any atom is 0.410 e. The van der Waals surface area contributed by atoms with Gasteiger partial charge in [-0.1, -0.05) is 23.4 Å².